The topological polar surface area (TPSA) is 188 Å². The Labute approximate surface area is 493 Å². The molecule has 0 aliphatic carbocycles. The second-order valence-electron chi connectivity index (χ2n) is 26.7. The number of aryl methyl sites for hydroxylation is 6. The van der Waals surface area contributed by atoms with Gasteiger partial charge in [-0.05, 0) is 217 Å². The number of hydrogen-bond donors (Lipinski definition) is 5. The molecule has 15 heteroatoms. The molecule has 1 amide bonds. The molecule has 0 bridgehead atoms. The van der Waals surface area contributed by atoms with Crippen LogP contribution >= 0.6 is 7.26 Å². The molecule has 3 aromatic carbocycles. The van der Waals surface area contributed by atoms with Gasteiger partial charge in [-0.25, -0.2) is 0 Å². The lowest BCUT2D eigenvalue weighted by Crippen LogP contribution is -2.61. The normalized spacial score (nSPS) is 35.7. The predicted molar refractivity (Wildman–Crippen MR) is 329 cm³/mol. The van der Waals surface area contributed by atoms with Gasteiger partial charge in [-0.2, -0.15) is 0 Å². The summed E-state index contributed by atoms with van der Waals surface area (Å²) in [4.78, 5) is 33.6. The van der Waals surface area contributed by atoms with E-state index in [4.69, 9.17) is 23.7 Å². The molecule has 3 aliphatic rings. The fraction of sp³-hybridized carbons (Fsp3) is 0.701. The first-order valence-electron chi connectivity index (χ1n) is 30.5. The number of aliphatic hydroxyl groups is 5. The van der Waals surface area contributed by atoms with Gasteiger partial charge in [0, 0.05) is 38.5 Å². The third-order valence-corrected chi connectivity index (χ3v) is 23.3. The summed E-state index contributed by atoms with van der Waals surface area (Å²) >= 11 is 0. The summed E-state index contributed by atoms with van der Waals surface area (Å²) in [6, 6.07) is 19.7. The van der Waals surface area contributed by atoms with Crippen molar-refractivity contribution in [2.75, 3.05) is 33.9 Å². The van der Waals surface area contributed by atoms with Crippen LogP contribution in [0.1, 0.15) is 154 Å². The molecule has 6 rings (SSSR count). The highest BCUT2D eigenvalue weighted by Crippen LogP contribution is 2.57. The molecule has 3 aromatic rings. The number of esters is 1. The molecule has 0 radical (unpaired) electrons. The highest BCUT2D eigenvalue weighted by Gasteiger charge is 2.56. The Morgan fingerprint density at radius 1 is 0.744 bits per heavy atom. The molecule has 5 N–H and O–H groups in total. The Balaban J connectivity index is 1.37. The van der Waals surface area contributed by atoms with Gasteiger partial charge >= 0.3 is 5.97 Å². The summed E-state index contributed by atoms with van der Waals surface area (Å²) in [5.41, 5.74) is 2.55. The van der Waals surface area contributed by atoms with Crippen molar-refractivity contribution in [2.24, 2.45) is 23.7 Å². The molecule has 3 aliphatic heterocycles. The second-order valence-corrected chi connectivity index (χ2v) is 30.4. The van der Waals surface area contributed by atoms with Crippen LogP contribution in [0, 0.1) is 65.2 Å². The third kappa shape index (κ3) is 15.1. The highest BCUT2D eigenvalue weighted by atomic mass is 31.2. The lowest BCUT2D eigenvalue weighted by atomic mass is 9.68. The van der Waals surface area contributed by atoms with Crippen molar-refractivity contribution in [2.45, 2.75) is 246 Å². The Kier molecular flexibility index (Phi) is 22.8. The molecule has 82 heavy (non-hydrogen) atoms. The van der Waals surface area contributed by atoms with E-state index in [0.717, 1.165) is 19.0 Å². The smallest absolute Gasteiger partial charge is 0.309 e. The standard InChI is InChI=1S/C67H106N2O12P/c1-20-56-67(16,76)60(72)49(12)69(57(70)24-22-21-23-25-82(51-29-39(2)26-40(3)30-51,52-31-41(4)27-42(5)32-52)53-33-43(6)28-44(7)34-53)38-45(8)36-65(14,75)62(81-64-59(71)54(68(17)18)35-46(9)78-64)47(10)58(48(11)63(74)80-56)55-37-66(15,77-19)61(73)50(13)79-55/h26-34,45-50,54-56,58-62,64,71-73,75-76H,20-25,35-38H2,1-19H3/q+1/t45-,46-,47+,48-,49-,50+,54+,55-,56-,58?,59-,60-,61+,62-,64+,65-,66-,67-/m1/s1. The molecule has 0 aromatic heterocycles. The minimum Gasteiger partial charge on any atom is -0.459 e. The van der Waals surface area contributed by atoms with Crippen LogP contribution in [0.3, 0.4) is 0 Å². The van der Waals surface area contributed by atoms with Gasteiger partial charge in [0.2, 0.25) is 5.91 Å². The molecule has 0 spiro atoms. The third-order valence-electron chi connectivity index (χ3n) is 18.9. The van der Waals surface area contributed by atoms with Crippen LogP contribution in [-0.4, -0.2) is 165 Å². The van der Waals surface area contributed by atoms with Gasteiger partial charge in [-0.3, -0.25) is 9.59 Å². The quantitative estimate of drug-likeness (QED) is 0.0555. The van der Waals surface area contributed by atoms with Crippen molar-refractivity contribution in [3.8, 4) is 0 Å². The number of aliphatic hydroxyl groups excluding tert-OH is 3. The van der Waals surface area contributed by atoms with E-state index in [1.54, 1.807) is 39.5 Å². The Hall–Kier alpha value is -3.37. The van der Waals surface area contributed by atoms with Crippen LogP contribution in [0.5, 0.6) is 0 Å². The van der Waals surface area contributed by atoms with Crippen LogP contribution in [0.4, 0.5) is 0 Å². The van der Waals surface area contributed by atoms with Crippen LogP contribution in [-0.2, 0) is 33.3 Å². The van der Waals surface area contributed by atoms with E-state index in [1.807, 2.05) is 46.7 Å². The van der Waals surface area contributed by atoms with E-state index in [1.165, 1.54) is 63.3 Å². The number of hydrogen-bond acceptors (Lipinski definition) is 13. The largest absolute Gasteiger partial charge is 0.459 e. The lowest BCUT2D eigenvalue weighted by Gasteiger charge is -2.51. The summed E-state index contributed by atoms with van der Waals surface area (Å²) < 4.78 is 32.4. The Morgan fingerprint density at radius 2 is 1.26 bits per heavy atom. The van der Waals surface area contributed by atoms with Gasteiger partial charge in [-0.15, -0.1) is 0 Å². The summed E-state index contributed by atoms with van der Waals surface area (Å²) in [5, 5.41) is 65.6. The van der Waals surface area contributed by atoms with E-state index >= 15 is 4.79 Å². The molecule has 14 nitrogen and oxygen atoms in total. The van der Waals surface area contributed by atoms with Crippen molar-refractivity contribution in [1.29, 1.82) is 0 Å². The van der Waals surface area contributed by atoms with Crippen LogP contribution in [0.25, 0.3) is 0 Å². The van der Waals surface area contributed by atoms with Crippen molar-refractivity contribution in [1.82, 2.24) is 9.80 Å². The summed E-state index contributed by atoms with van der Waals surface area (Å²) in [7, 11) is 3.08. The number of rotatable bonds is 15. The number of carbonyl (C=O) groups excluding carboxylic acids is 2. The number of likely N-dealkylation sites (N-methyl/N-ethyl adjacent to an activating group) is 1. The number of nitrogens with zero attached hydrogens (tertiary/aromatic N) is 2. The maximum Gasteiger partial charge on any atom is 0.309 e. The van der Waals surface area contributed by atoms with Gasteiger partial charge in [0.25, 0.3) is 0 Å². The van der Waals surface area contributed by atoms with Gasteiger partial charge in [0.05, 0.1) is 53.7 Å². The van der Waals surface area contributed by atoms with Gasteiger partial charge in [-0.1, -0.05) is 45.9 Å². The minimum atomic E-state index is -2.25. The SMILES string of the molecule is CC[C@H]1OC(=O)[C@H](C)C([C@H]2C[C@@](C)(OC)[C@@H](O)[C@H](C)O2)[C@H](C)[C@@H](O[C@@H]2O[C@H](C)C[C@H](N(C)C)[C@H]2O)[C@](C)(O)C[C@@H](C)CN(C(=O)CCCCC[P+](c2cc(C)cc(C)c2)(c2cc(C)cc(C)c2)c2cc(C)cc(C)c2)[C@H](C)[C@@H](O)[C@]1(C)O. The number of cyclic esters (lactones) is 1. The first kappa shape index (κ1) is 67.8. The van der Waals surface area contributed by atoms with Crippen LogP contribution < -0.4 is 15.9 Å². The van der Waals surface area contributed by atoms with Gasteiger partial charge in [0.15, 0.2) is 6.29 Å². The fourth-order valence-electron chi connectivity index (χ4n) is 14.7. The average Bonchev–Trinajstić information content (AvgIpc) is 3.60. The monoisotopic (exact) mass is 1160 g/mol. The first-order chi connectivity index (χ1) is 38.2. The van der Waals surface area contributed by atoms with Crippen molar-refractivity contribution in [3.63, 3.8) is 0 Å². The summed E-state index contributed by atoms with van der Waals surface area (Å²) in [5.74, 6) is -3.75. The first-order valence-corrected chi connectivity index (χ1v) is 32.5. The van der Waals surface area contributed by atoms with Crippen molar-refractivity contribution in [3.05, 3.63) is 88.0 Å². The maximum absolute atomic E-state index is 15.1. The number of benzene rings is 3. The lowest BCUT2D eigenvalue weighted by molar-refractivity contribution is -0.302. The number of methoxy groups -OCH3 is 1. The number of carbonyl (C=O) groups is 2. The Morgan fingerprint density at radius 3 is 1.73 bits per heavy atom. The minimum absolute atomic E-state index is 0.0844. The van der Waals surface area contributed by atoms with Crippen LogP contribution in [0.2, 0.25) is 0 Å². The summed E-state index contributed by atoms with van der Waals surface area (Å²) in [6.45, 7) is 30.9. The van der Waals surface area contributed by atoms with Crippen LogP contribution in [0.15, 0.2) is 54.6 Å². The number of amides is 1. The molecule has 3 heterocycles. The molecule has 3 fully saturated rings. The molecular weight excluding hydrogens is 1060 g/mol. The van der Waals surface area contributed by atoms with Gasteiger partial charge in [0.1, 0.15) is 53.2 Å². The summed E-state index contributed by atoms with van der Waals surface area (Å²) in [6.07, 6.45) is -4.69. The van der Waals surface area contributed by atoms with E-state index in [0.29, 0.717) is 12.8 Å². The zero-order chi connectivity index (χ0) is 61.1. The molecule has 0 saturated carbocycles. The zero-order valence-electron chi connectivity index (χ0n) is 53.4. The number of unbranched alkanes of at least 4 members (excludes halogenated alkanes) is 2. The average molecular weight is 1160 g/mol. The molecule has 460 valence electrons. The fourth-order valence-corrected chi connectivity index (χ4v) is 19.6. The highest BCUT2D eigenvalue weighted by molar-refractivity contribution is 7.95. The van der Waals surface area contributed by atoms with Crippen molar-refractivity contribution >= 4 is 35.1 Å². The van der Waals surface area contributed by atoms with E-state index in [9.17, 15) is 30.3 Å². The molecular formula is C67H106N2O12P+. The van der Waals surface area contributed by atoms with E-state index in [2.05, 4.69) is 96.1 Å². The maximum atomic E-state index is 15.1. The number of ether oxygens (including phenoxy) is 5. The molecule has 1 unspecified atom stereocenters. The molecule has 18 atom stereocenters. The van der Waals surface area contributed by atoms with Gasteiger partial charge < -0.3 is 59.0 Å². The van der Waals surface area contributed by atoms with Crippen molar-refractivity contribution < 1.29 is 58.8 Å². The van der Waals surface area contributed by atoms with E-state index < -0.39 is 109 Å². The predicted octanol–water partition coefficient (Wildman–Crippen LogP) is 8.48. The molecule has 3 saturated heterocycles. The zero-order valence-corrected chi connectivity index (χ0v) is 54.3. The van der Waals surface area contributed by atoms with E-state index in [-0.39, 0.29) is 50.3 Å². The second kappa shape index (κ2) is 27.6. The Bertz CT molecular complexity index is 2440.